The van der Waals surface area contributed by atoms with Crippen LogP contribution in [-0.4, -0.2) is 53.3 Å². The molecule has 0 bridgehead atoms. The number of hydrogen-bond donors (Lipinski definition) is 2. The maximum Gasteiger partial charge on any atom is 0.323 e. The highest BCUT2D eigenvalue weighted by Gasteiger charge is 2.20. The minimum Gasteiger partial charge on any atom is -0.490 e. The van der Waals surface area contributed by atoms with Crippen molar-refractivity contribution >= 4 is 29.0 Å². The number of hydrogen-bond acceptors (Lipinski definition) is 7. The van der Waals surface area contributed by atoms with E-state index < -0.39 is 0 Å². The third-order valence-corrected chi connectivity index (χ3v) is 5.81. The Balaban J connectivity index is 1.24. The van der Waals surface area contributed by atoms with Crippen molar-refractivity contribution in [1.82, 2.24) is 15.0 Å². The molecule has 10 heteroatoms. The second-order valence-corrected chi connectivity index (χ2v) is 8.38. The molecule has 4 aromatic rings. The maximum atomic E-state index is 12.5. The lowest BCUT2D eigenvalue weighted by molar-refractivity contribution is -0.125. The van der Waals surface area contributed by atoms with Gasteiger partial charge in [-0.05, 0) is 67.6 Å². The summed E-state index contributed by atoms with van der Waals surface area (Å²) in [6.07, 6.45) is 5.10. The largest absolute Gasteiger partial charge is 0.490 e. The summed E-state index contributed by atoms with van der Waals surface area (Å²) in [5, 5.41) is 5.62. The van der Waals surface area contributed by atoms with Crippen LogP contribution in [0.25, 0.3) is 22.6 Å². The van der Waals surface area contributed by atoms with Crippen molar-refractivity contribution in [3.8, 4) is 28.4 Å². The number of urea groups is 1. The first-order valence-electron chi connectivity index (χ1n) is 12.2. The van der Waals surface area contributed by atoms with E-state index >= 15 is 0 Å². The minimum atomic E-state index is -0.385. The number of nitrogens with zero attached hydrogens (tertiary/aromatic N) is 4. The van der Waals surface area contributed by atoms with Crippen molar-refractivity contribution < 1.29 is 19.1 Å². The first-order chi connectivity index (χ1) is 18.6. The second-order valence-electron chi connectivity index (χ2n) is 8.38. The van der Waals surface area contributed by atoms with Gasteiger partial charge in [0.25, 0.3) is 5.91 Å². The number of carbonyl (C=O) groups is 2. The van der Waals surface area contributed by atoms with Gasteiger partial charge in [0.15, 0.2) is 11.6 Å². The van der Waals surface area contributed by atoms with Crippen molar-refractivity contribution in [3.05, 3.63) is 79.3 Å². The van der Waals surface area contributed by atoms with Gasteiger partial charge in [-0.25, -0.2) is 14.8 Å². The normalized spacial score (nSPS) is 13.2. The predicted octanol–water partition coefficient (Wildman–Crippen LogP) is 4.61. The molecule has 192 valence electrons. The molecule has 2 aromatic heterocycles. The van der Waals surface area contributed by atoms with Gasteiger partial charge >= 0.3 is 6.03 Å². The lowest BCUT2D eigenvalue weighted by atomic mass is 10.1. The van der Waals surface area contributed by atoms with Crippen LogP contribution < -0.4 is 20.3 Å². The highest BCUT2D eigenvalue weighted by molar-refractivity contribution is 6.00. The Bertz CT molecular complexity index is 1410. The zero-order valence-corrected chi connectivity index (χ0v) is 20.8. The molecule has 1 aliphatic heterocycles. The van der Waals surface area contributed by atoms with E-state index in [4.69, 9.17) is 14.5 Å². The summed E-state index contributed by atoms with van der Waals surface area (Å²) >= 11 is 0. The lowest BCUT2D eigenvalue weighted by Crippen LogP contribution is -2.41. The molecule has 38 heavy (non-hydrogen) atoms. The van der Waals surface area contributed by atoms with Crippen LogP contribution in [0.1, 0.15) is 6.92 Å². The van der Waals surface area contributed by atoms with E-state index in [9.17, 15) is 9.59 Å². The standard InChI is InChI=1S/C28H26N6O4/c1-2-38-24-17-30-27(33-26(24)20-4-3-13-29-16-20)19-5-7-21(8-6-19)31-28(36)32-22-9-11-23(12-10-22)34-14-15-37-18-25(34)35/h3-13,16-17H,2,14-15,18H2,1H3,(H2,31,32,36). The molecular weight excluding hydrogens is 484 g/mol. The van der Waals surface area contributed by atoms with E-state index in [-0.39, 0.29) is 18.5 Å². The van der Waals surface area contributed by atoms with Gasteiger partial charge in [-0.15, -0.1) is 0 Å². The van der Waals surface area contributed by atoms with Gasteiger partial charge in [-0.1, -0.05) is 0 Å². The Hall–Kier alpha value is -4.83. The van der Waals surface area contributed by atoms with Crippen LogP contribution in [0, 0.1) is 0 Å². The van der Waals surface area contributed by atoms with E-state index in [1.54, 1.807) is 59.9 Å². The third-order valence-electron chi connectivity index (χ3n) is 5.81. The molecule has 1 fully saturated rings. The molecule has 0 saturated carbocycles. The fraction of sp³-hybridized carbons (Fsp3) is 0.179. The molecule has 0 spiro atoms. The number of ether oxygens (including phenoxy) is 2. The first-order valence-corrected chi connectivity index (χ1v) is 12.2. The molecule has 5 rings (SSSR count). The van der Waals surface area contributed by atoms with Crippen LogP contribution in [0.4, 0.5) is 21.9 Å². The number of anilines is 3. The Morgan fingerprint density at radius 1 is 1.00 bits per heavy atom. The molecule has 2 aromatic carbocycles. The second kappa shape index (κ2) is 11.5. The van der Waals surface area contributed by atoms with Gasteiger partial charge in [-0.3, -0.25) is 9.78 Å². The van der Waals surface area contributed by atoms with E-state index in [1.165, 1.54) is 0 Å². The highest BCUT2D eigenvalue weighted by Crippen LogP contribution is 2.29. The monoisotopic (exact) mass is 510 g/mol. The van der Waals surface area contributed by atoms with Gasteiger partial charge in [0.1, 0.15) is 12.3 Å². The molecule has 0 atom stereocenters. The topological polar surface area (TPSA) is 119 Å². The van der Waals surface area contributed by atoms with Crippen LogP contribution in [-0.2, 0) is 9.53 Å². The Morgan fingerprint density at radius 3 is 2.39 bits per heavy atom. The molecule has 2 N–H and O–H groups in total. The van der Waals surface area contributed by atoms with Crippen LogP contribution in [0.15, 0.2) is 79.3 Å². The van der Waals surface area contributed by atoms with Gasteiger partial charge in [0.2, 0.25) is 0 Å². The van der Waals surface area contributed by atoms with Crippen molar-refractivity contribution in [1.29, 1.82) is 0 Å². The van der Waals surface area contributed by atoms with Gasteiger partial charge in [0, 0.05) is 47.1 Å². The quantitative estimate of drug-likeness (QED) is 0.373. The highest BCUT2D eigenvalue weighted by atomic mass is 16.5. The van der Waals surface area contributed by atoms with Crippen LogP contribution in [0.2, 0.25) is 0 Å². The molecule has 1 saturated heterocycles. The average Bonchev–Trinajstić information content (AvgIpc) is 2.95. The summed E-state index contributed by atoms with van der Waals surface area (Å²) in [7, 11) is 0. The molecule has 0 aliphatic carbocycles. The summed E-state index contributed by atoms with van der Waals surface area (Å²) in [5.41, 5.74) is 4.27. The van der Waals surface area contributed by atoms with E-state index in [0.29, 0.717) is 48.4 Å². The first kappa shape index (κ1) is 24.8. The number of benzene rings is 2. The van der Waals surface area contributed by atoms with E-state index in [0.717, 1.165) is 16.8 Å². The molecular formula is C28H26N6O4. The molecule has 10 nitrogen and oxygen atoms in total. The summed E-state index contributed by atoms with van der Waals surface area (Å²) in [4.78, 5) is 39.6. The minimum absolute atomic E-state index is 0.0809. The van der Waals surface area contributed by atoms with Crippen molar-refractivity contribution in [2.45, 2.75) is 6.92 Å². The van der Waals surface area contributed by atoms with Crippen LogP contribution in [0.5, 0.6) is 5.75 Å². The number of aromatic nitrogens is 3. The third kappa shape index (κ3) is 5.76. The van der Waals surface area contributed by atoms with E-state index in [2.05, 4.69) is 20.6 Å². The molecule has 3 amide bonds. The molecule has 0 radical (unpaired) electrons. The Kier molecular flexibility index (Phi) is 7.51. The number of morpholine rings is 1. The van der Waals surface area contributed by atoms with Crippen molar-refractivity contribution in [3.63, 3.8) is 0 Å². The molecule has 3 heterocycles. The van der Waals surface area contributed by atoms with E-state index in [1.807, 2.05) is 31.2 Å². The summed E-state index contributed by atoms with van der Waals surface area (Å²) in [6, 6.07) is 17.7. The number of carbonyl (C=O) groups excluding carboxylic acids is 2. The van der Waals surface area contributed by atoms with Crippen LogP contribution >= 0.6 is 0 Å². The van der Waals surface area contributed by atoms with Crippen molar-refractivity contribution in [2.24, 2.45) is 0 Å². The average molecular weight is 511 g/mol. The molecule has 1 aliphatic rings. The SMILES string of the molecule is CCOc1cnc(-c2ccc(NC(=O)Nc3ccc(N4CCOCC4=O)cc3)cc2)nc1-c1cccnc1. The number of pyridine rings is 1. The maximum absolute atomic E-state index is 12.5. The number of amides is 3. The fourth-order valence-corrected chi connectivity index (χ4v) is 3.99. The zero-order valence-electron chi connectivity index (χ0n) is 20.8. The van der Waals surface area contributed by atoms with Gasteiger partial charge in [-0.2, -0.15) is 0 Å². The van der Waals surface area contributed by atoms with Gasteiger partial charge < -0.3 is 25.0 Å². The number of rotatable bonds is 7. The zero-order chi connectivity index (χ0) is 26.3. The summed E-state index contributed by atoms with van der Waals surface area (Å²) < 4.78 is 10.9. The number of nitrogens with one attached hydrogen (secondary N) is 2. The smallest absolute Gasteiger partial charge is 0.323 e. The summed E-state index contributed by atoms with van der Waals surface area (Å²) in [5.74, 6) is 1.04. The van der Waals surface area contributed by atoms with Gasteiger partial charge in [0.05, 0.1) is 19.4 Å². The fourth-order valence-electron chi connectivity index (χ4n) is 3.99. The Morgan fingerprint density at radius 2 is 1.74 bits per heavy atom. The molecule has 0 unspecified atom stereocenters. The van der Waals surface area contributed by atoms with Crippen LogP contribution in [0.3, 0.4) is 0 Å². The predicted molar refractivity (Wildman–Crippen MR) is 144 cm³/mol. The van der Waals surface area contributed by atoms with Crippen molar-refractivity contribution in [2.75, 3.05) is 41.9 Å². The Labute approximate surface area is 219 Å². The summed E-state index contributed by atoms with van der Waals surface area (Å²) in [6.45, 7) is 3.50. The lowest BCUT2D eigenvalue weighted by Gasteiger charge is -2.26.